The number of ether oxygens (including phenoxy) is 1. The summed E-state index contributed by atoms with van der Waals surface area (Å²) >= 11 is 0.831. The van der Waals surface area contributed by atoms with E-state index in [4.69, 9.17) is 14.0 Å². The average Bonchev–Trinajstić information content (AvgIpc) is 3.22. The summed E-state index contributed by atoms with van der Waals surface area (Å²) in [6.07, 6.45) is -2.41. The van der Waals surface area contributed by atoms with Crippen molar-refractivity contribution in [2.75, 3.05) is 24.2 Å². The summed E-state index contributed by atoms with van der Waals surface area (Å²) in [6.45, 7) is 3.14. The molecule has 12 heteroatoms. The van der Waals surface area contributed by atoms with Crippen LogP contribution in [-0.2, 0) is 4.74 Å². The predicted octanol–water partition coefficient (Wildman–Crippen LogP) is 2.18. The molecule has 4 N–H and O–H groups in total. The molecule has 2 saturated carbocycles. The van der Waals surface area contributed by atoms with Crippen LogP contribution in [0.15, 0.2) is 23.4 Å². The Bertz CT molecular complexity index is 1370. The Labute approximate surface area is 216 Å². The van der Waals surface area contributed by atoms with Crippen LogP contribution < -0.4 is 5.32 Å². The number of anilines is 1. The van der Waals surface area contributed by atoms with Gasteiger partial charge in [0.15, 0.2) is 22.1 Å². The molecule has 6 atom stereocenters. The number of hydrogen-bond donors (Lipinski definition) is 4. The zero-order chi connectivity index (χ0) is 28.1. The molecule has 0 aliphatic heterocycles. The second-order valence-corrected chi connectivity index (χ2v) is 9.83. The summed E-state index contributed by atoms with van der Waals surface area (Å²) in [4.78, 5) is 9.00. The molecule has 194 valence electrons. The van der Waals surface area contributed by atoms with Gasteiger partial charge in [0.1, 0.15) is 18.0 Å². The molecule has 2 aliphatic carbocycles. The quantitative estimate of drug-likeness (QED) is 0.232. The highest BCUT2D eigenvalue weighted by molar-refractivity contribution is 7.99. The number of hydrogen-bond acceptors (Lipinski definition) is 10. The van der Waals surface area contributed by atoms with E-state index in [-0.39, 0.29) is 54.0 Å². The molecule has 0 saturated heterocycles. The molecule has 2 aromatic heterocycles. The molecular weight excluding hydrogens is 487 g/mol. The van der Waals surface area contributed by atoms with E-state index in [0.717, 1.165) is 11.8 Å². The number of thioether (sulfide) groups is 1. The Morgan fingerprint density at radius 2 is 2.14 bits per heavy atom. The van der Waals surface area contributed by atoms with E-state index in [0.29, 0.717) is 17.5 Å². The first-order chi connectivity index (χ1) is 18.5. The van der Waals surface area contributed by atoms with Crippen molar-refractivity contribution < 1.29 is 28.6 Å². The van der Waals surface area contributed by atoms with Gasteiger partial charge < -0.3 is 25.4 Å². The molecule has 2 fully saturated rings. The van der Waals surface area contributed by atoms with Gasteiger partial charge in [-0.25, -0.2) is 19.0 Å². The number of rotatable bonds is 10. The van der Waals surface area contributed by atoms with Crippen LogP contribution in [0.25, 0.3) is 11.2 Å². The van der Waals surface area contributed by atoms with E-state index >= 15 is 0 Å². The summed E-state index contributed by atoms with van der Waals surface area (Å²) in [5.74, 6) is -1.22. The zero-order valence-electron chi connectivity index (χ0n) is 22.9. The molecule has 0 radical (unpaired) electrons. The van der Waals surface area contributed by atoms with Crippen LogP contribution >= 0.6 is 11.8 Å². The van der Waals surface area contributed by atoms with Crippen molar-refractivity contribution in [2.24, 2.45) is 0 Å². The monoisotopic (exact) mass is 521 g/mol. The number of aromatic nitrogens is 5. The van der Waals surface area contributed by atoms with Gasteiger partial charge in [0.25, 0.3) is 0 Å². The van der Waals surface area contributed by atoms with Crippen LogP contribution in [0.3, 0.4) is 0 Å². The summed E-state index contributed by atoms with van der Waals surface area (Å²) in [7, 11) is 0. The molecule has 2 heterocycles. The molecule has 2 aliphatic rings. The maximum absolute atomic E-state index is 14.2. The first kappa shape index (κ1) is 21.7. The van der Waals surface area contributed by atoms with Gasteiger partial charge in [-0.1, -0.05) is 36.0 Å². The lowest BCUT2D eigenvalue weighted by Crippen LogP contribution is -2.33. The second kappa shape index (κ2) is 10.5. The van der Waals surface area contributed by atoms with Gasteiger partial charge >= 0.3 is 0 Å². The van der Waals surface area contributed by atoms with Crippen LogP contribution in [0.2, 0.25) is 0 Å². The van der Waals surface area contributed by atoms with Crippen LogP contribution in [0, 0.1) is 12.7 Å². The SMILES string of the molecule is [2H]C([2H])(CC)Sc1nc(N[C@@H]2C[C@@]2([2H])c2ccc(C)c(F)c2)c2nnn([C@@H]3C[C@H](OCCO)[C@@H](O)[C@H]3O)c2n1. The van der Waals surface area contributed by atoms with Gasteiger partial charge in [-0.05, 0) is 37.0 Å². The van der Waals surface area contributed by atoms with Crippen molar-refractivity contribution in [1.29, 1.82) is 0 Å². The Morgan fingerprint density at radius 3 is 2.89 bits per heavy atom. The predicted molar refractivity (Wildman–Crippen MR) is 133 cm³/mol. The minimum absolute atomic E-state index is 0.00352. The lowest BCUT2D eigenvalue weighted by molar-refractivity contribution is -0.0629. The van der Waals surface area contributed by atoms with Crippen molar-refractivity contribution in [2.45, 2.75) is 74.6 Å². The number of halogens is 1. The number of nitrogens with zero attached hydrogens (tertiary/aromatic N) is 5. The molecule has 0 bridgehead atoms. The molecule has 1 aromatic carbocycles. The van der Waals surface area contributed by atoms with Gasteiger partial charge in [-0.2, -0.15) is 0 Å². The Kier molecular flexibility index (Phi) is 6.35. The van der Waals surface area contributed by atoms with Gasteiger partial charge in [0, 0.05) is 28.2 Å². The van der Waals surface area contributed by atoms with E-state index in [9.17, 15) is 14.6 Å². The van der Waals surface area contributed by atoms with Crippen LogP contribution in [-0.4, -0.2) is 83.6 Å². The molecule has 0 spiro atoms. The lowest BCUT2D eigenvalue weighted by atomic mass is 10.1. The van der Waals surface area contributed by atoms with Gasteiger partial charge in [0.2, 0.25) is 0 Å². The summed E-state index contributed by atoms with van der Waals surface area (Å²) < 4.78 is 46.4. The van der Waals surface area contributed by atoms with E-state index in [1.165, 1.54) is 10.7 Å². The number of nitrogens with one attached hydrogen (secondary N) is 1. The normalized spacial score (nSPS) is 31.3. The molecule has 3 aromatic rings. The summed E-state index contributed by atoms with van der Waals surface area (Å²) in [6, 6.07) is 3.58. The van der Waals surface area contributed by atoms with Gasteiger partial charge in [-0.15, -0.1) is 5.10 Å². The fraction of sp³-hybridized carbons (Fsp3) is 0.583. The highest BCUT2D eigenvalue weighted by Gasteiger charge is 2.45. The minimum Gasteiger partial charge on any atom is -0.394 e. The molecule has 5 rings (SSSR count). The van der Waals surface area contributed by atoms with Gasteiger partial charge in [-0.3, -0.25) is 0 Å². The third-order valence-electron chi connectivity index (χ3n) is 6.49. The standard InChI is InChI=1S/C24H31FN6O4S/c1-3-8-36-24-27-22(26-16-10-14(16)13-5-4-12(2)15(25)9-13)19-23(28-24)31(30-29-19)17-11-18(35-7-6-32)21(34)20(17)33/h4-5,9,14,16-18,20-21,32-34H,3,6-8,10-11H2,1-2H3,(H,26,27,28)/t14-,16+,17+,18-,20-,21+/m0/s1/i8D2,14D. The topological polar surface area (TPSA) is 138 Å². The van der Waals surface area contributed by atoms with E-state index in [2.05, 4.69) is 25.6 Å². The average molecular weight is 522 g/mol. The third kappa shape index (κ3) is 4.92. The van der Waals surface area contributed by atoms with Crippen molar-refractivity contribution in [1.82, 2.24) is 25.0 Å². The molecule has 10 nitrogen and oxygen atoms in total. The number of fused-ring (bicyclic) bond motifs is 1. The largest absolute Gasteiger partial charge is 0.394 e. The number of aliphatic hydroxyl groups is 3. The Morgan fingerprint density at radius 1 is 1.31 bits per heavy atom. The van der Waals surface area contributed by atoms with Crippen molar-refractivity contribution in [3.63, 3.8) is 0 Å². The van der Waals surface area contributed by atoms with E-state index in [1.54, 1.807) is 26.0 Å². The molecule has 0 amide bonds. The third-order valence-corrected chi connectivity index (χ3v) is 7.28. The van der Waals surface area contributed by atoms with Crippen LogP contribution in [0.4, 0.5) is 10.2 Å². The van der Waals surface area contributed by atoms with E-state index in [1.807, 2.05) is 0 Å². The van der Waals surface area contributed by atoms with Crippen molar-refractivity contribution >= 4 is 28.7 Å². The molecule has 36 heavy (non-hydrogen) atoms. The fourth-order valence-corrected chi connectivity index (χ4v) is 5.01. The maximum atomic E-state index is 14.2. The highest BCUT2D eigenvalue weighted by atomic mass is 32.2. The smallest absolute Gasteiger partial charge is 0.191 e. The fourth-order valence-electron chi connectivity index (χ4n) is 4.47. The lowest BCUT2D eigenvalue weighted by Gasteiger charge is -2.17. The first-order valence-corrected chi connectivity index (χ1v) is 12.7. The van der Waals surface area contributed by atoms with Crippen LogP contribution in [0.5, 0.6) is 0 Å². The highest BCUT2D eigenvalue weighted by Crippen LogP contribution is 2.44. The summed E-state index contributed by atoms with van der Waals surface area (Å²) in [5, 5.41) is 42.0. The maximum Gasteiger partial charge on any atom is 0.191 e. The first-order valence-electron chi connectivity index (χ1n) is 13.4. The van der Waals surface area contributed by atoms with E-state index < -0.39 is 42.0 Å². The van der Waals surface area contributed by atoms with Gasteiger partial charge in [0.05, 0.1) is 25.4 Å². The molecular formula is C24H31FN6O4S. The molecule has 0 unspecified atom stereocenters. The zero-order valence-corrected chi connectivity index (χ0v) is 20.7. The number of aryl methyl sites for hydroxylation is 1. The minimum atomic E-state index is -1.66. The number of benzene rings is 1. The summed E-state index contributed by atoms with van der Waals surface area (Å²) in [5.41, 5.74) is -0.156. The Balaban J connectivity index is 1.49. The Hall–Kier alpha value is -2.38. The number of aliphatic hydroxyl groups excluding tert-OH is 3. The van der Waals surface area contributed by atoms with Crippen LogP contribution in [0.1, 0.15) is 53.4 Å². The van der Waals surface area contributed by atoms with Crippen molar-refractivity contribution in [3.05, 3.63) is 35.1 Å². The second-order valence-electron chi connectivity index (χ2n) is 8.97. The van der Waals surface area contributed by atoms with Crippen molar-refractivity contribution in [3.8, 4) is 0 Å².